The van der Waals surface area contributed by atoms with Crippen molar-refractivity contribution in [3.05, 3.63) is 15.9 Å². The average Bonchev–Trinajstić information content (AvgIpc) is 2.61. The van der Waals surface area contributed by atoms with E-state index in [0.717, 1.165) is 41.9 Å². The molecule has 0 spiro atoms. The number of ether oxygens (including phenoxy) is 1. The quantitative estimate of drug-likeness (QED) is 0.718. The highest BCUT2D eigenvalue weighted by Gasteiger charge is 2.13. The summed E-state index contributed by atoms with van der Waals surface area (Å²) < 4.78 is 8.79. The van der Waals surface area contributed by atoms with E-state index in [9.17, 15) is 0 Å². The Balaban J connectivity index is 2.65. The van der Waals surface area contributed by atoms with Gasteiger partial charge in [-0.05, 0) is 35.7 Å². The van der Waals surface area contributed by atoms with Gasteiger partial charge in [-0.25, -0.2) is 0 Å². The van der Waals surface area contributed by atoms with Crippen LogP contribution in [-0.2, 0) is 24.3 Å². The van der Waals surface area contributed by atoms with Gasteiger partial charge in [0.2, 0.25) is 0 Å². The summed E-state index contributed by atoms with van der Waals surface area (Å²) in [5, 5.41) is 4.54. The first-order valence-corrected chi connectivity index (χ1v) is 6.85. The number of halogens is 1. The molecule has 0 aliphatic rings. The van der Waals surface area contributed by atoms with E-state index in [2.05, 4.69) is 41.8 Å². The zero-order valence-electron chi connectivity index (χ0n) is 10.4. The Bertz CT molecular complexity index is 323. The first-order chi connectivity index (χ1) is 7.74. The van der Waals surface area contributed by atoms with E-state index >= 15 is 0 Å². The van der Waals surface area contributed by atoms with E-state index in [1.165, 1.54) is 6.42 Å². The smallest absolute Gasteiger partial charge is 0.0896 e. The second-order valence-electron chi connectivity index (χ2n) is 3.78. The molecule has 1 heterocycles. The molecule has 1 aromatic rings. The third-order valence-corrected chi connectivity index (χ3v) is 3.49. The predicted octanol–water partition coefficient (Wildman–Crippen LogP) is 3.54. The van der Waals surface area contributed by atoms with Crippen molar-refractivity contribution in [2.24, 2.45) is 0 Å². The Hall–Kier alpha value is -0.350. The van der Waals surface area contributed by atoms with Gasteiger partial charge in [0.05, 0.1) is 22.5 Å². The van der Waals surface area contributed by atoms with Crippen molar-refractivity contribution in [2.45, 2.75) is 53.2 Å². The van der Waals surface area contributed by atoms with Gasteiger partial charge in [0.25, 0.3) is 0 Å². The molecule has 3 nitrogen and oxygen atoms in total. The number of aromatic nitrogens is 2. The summed E-state index contributed by atoms with van der Waals surface area (Å²) in [5.74, 6) is 0. The number of rotatable bonds is 7. The Morgan fingerprint density at radius 1 is 1.31 bits per heavy atom. The maximum absolute atomic E-state index is 5.65. The molecule has 1 aromatic heterocycles. The molecule has 0 aliphatic heterocycles. The zero-order valence-corrected chi connectivity index (χ0v) is 12.0. The minimum absolute atomic E-state index is 0.654. The Kier molecular flexibility index (Phi) is 6.06. The summed E-state index contributed by atoms with van der Waals surface area (Å²) in [6.07, 6.45) is 3.25. The van der Waals surface area contributed by atoms with E-state index in [1.54, 1.807) is 0 Å². The van der Waals surface area contributed by atoms with Gasteiger partial charge in [0, 0.05) is 13.2 Å². The van der Waals surface area contributed by atoms with Crippen LogP contribution in [0.5, 0.6) is 0 Å². The first kappa shape index (κ1) is 13.7. The summed E-state index contributed by atoms with van der Waals surface area (Å²) in [7, 11) is 0. The van der Waals surface area contributed by atoms with Gasteiger partial charge in [0.15, 0.2) is 0 Å². The summed E-state index contributed by atoms with van der Waals surface area (Å²) >= 11 is 3.61. The van der Waals surface area contributed by atoms with Crippen LogP contribution in [-0.4, -0.2) is 16.4 Å². The van der Waals surface area contributed by atoms with Crippen molar-refractivity contribution < 1.29 is 4.74 Å². The standard InChI is InChI=1S/C12H21BrN2O/c1-4-7-8-16-9-11-12(13)10(5-2)14-15(11)6-3/h4-9H2,1-3H3. The summed E-state index contributed by atoms with van der Waals surface area (Å²) in [6, 6.07) is 0. The zero-order chi connectivity index (χ0) is 12.0. The molecule has 0 saturated carbocycles. The highest BCUT2D eigenvalue weighted by molar-refractivity contribution is 9.10. The molecule has 4 heteroatoms. The molecule has 0 aromatic carbocycles. The van der Waals surface area contributed by atoms with Crippen LogP contribution < -0.4 is 0 Å². The molecule has 0 N–H and O–H groups in total. The molecule has 0 amide bonds. The minimum Gasteiger partial charge on any atom is -0.375 e. The molecule has 92 valence electrons. The normalized spacial score (nSPS) is 11.0. The Morgan fingerprint density at radius 3 is 2.62 bits per heavy atom. The minimum atomic E-state index is 0.654. The predicted molar refractivity (Wildman–Crippen MR) is 69.5 cm³/mol. The van der Waals surface area contributed by atoms with Crippen LogP contribution >= 0.6 is 15.9 Å². The van der Waals surface area contributed by atoms with E-state index in [4.69, 9.17) is 4.74 Å². The van der Waals surface area contributed by atoms with Crippen LogP contribution in [0.4, 0.5) is 0 Å². The molecule has 0 saturated heterocycles. The monoisotopic (exact) mass is 288 g/mol. The van der Waals surface area contributed by atoms with Crippen LogP contribution in [0, 0.1) is 0 Å². The Labute approximate surface area is 106 Å². The van der Waals surface area contributed by atoms with E-state index < -0.39 is 0 Å². The lowest BCUT2D eigenvalue weighted by Gasteiger charge is -2.06. The van der Waals surface area contributed by atoms with E-state index in [1.807, 2.05) is 4.68 Å². The third kappa shape index (κ3) is 3.32. The second-order valence-corrected chi connectivity index (χ2v) is 4.58. The Morgan fingerprint density at radius 2 is 2.06 bits per heavy atom. The molecule has 16 heavy (non-hydrogen) atoms. The van der Waals surface area contributed by atoms with Gasteiger partial charge in [-0.2, -0.15) is 5.10 Å². The fraction of sp³-hybridized carbons (Fsp3) is 0.750. The lowest BCUT2D eigenvalue weighted by atomic mass is 10.3. The van der Waals surface area contributed by atoms with E-state index in [0.29, 0.717) is 6.61 Å². The number of unbranched alkanes of at least 4 members (excludes halogenated alkanes) is 1. The van der Waals surface area contributed by atoms with Gasteiger partial charge in [0.1, 0.15) is 0 Å². The molecular weight excluding hydrogens is 268 g/mol. The SMILES string of the molecule is CCCCOCc1c(Br)c(CC)nn1CC. The molecule has 0 aliphatic carbocycles. The highest BCUT2D eigenvalue weighted by Crippen LogP contribution is 2.23. The summed E-state index contributed by atoms with van der Waals surface area (Å²) in [4.78, 5) is 0. The van der Waals surface area contributed by atoms with E-state index in [-0.39, 0.29) is 0 Å². The molecule has 0 bridgehead atoms. The number of aryl methyl sites for hydroxylation is 2. The van der Waals surface area contributed by atoms with Crippen molar-refractivity contribution in [2.75, 3.05) is 6.61 Å². The summed E-state index contributed by atoms with van der Waals surface area (Å²) in [5.41, 5.74) is 2.28. The third-order valence-electron chi connectivity index (χ3n) is 2.58. The fourth-order valence-electron chi connectivity index (χ4n) is 1.57. The maximum atomic E-state index is 5.65. The number of hydrogen-bond acceptors (Lipinski definition) is 2. The number of nitrogens with zero attached hydrogens (tertiary/aromatic N) is 2. The van der Waals surface area contributed by atoms with Crippen LogP contribution in [0.1, 0.15) is 45.0 Å². The highest BCUT2D eigenvalue weighted by atomic mass is 79.9. The van der Waals surface area contributed by atoms with Crippen molar-refractivity contribution in [1.29, 1.82) is 0 Å². The number of hydrogen-bond donors (Lipinski definition) is 0. The van der Waals surface area contributed by atoms with Crippen molar-refractivity contribution in [1.82, 2.24) is 9.78 Å². The lowest BCUT2D eigenvalue weighted by molar-refractivity contribution is 0.112. The van der Waals surface area contributed by atoms with Crippen molar-refractivity contribution in [3.8, 4) is 0 Å². The molecular formula is C12H21BrN2O. The van der Waals surface area contributed by atoms with Crippen molar-refractivity contribution >= 4 is 15.9 Å². The average molecular weight is 289 g/mol. The molecule has 0 unspecified atom stereocenters. The van der Waals surface area contributed by atoms with Gasteiger partial charge < -0.3 is 4.74 Å². The van der Waals surface area contributed by atoms with Crippen LogP contribution in [0.25, 0.3) is 0 Å². The van der Waals surface area contributed by atoms with Crippen LogP contribution in [0.2, 0.25) is 0 Å². The maximum Gasteiger partial charge on any atom is 0.0896 e. The molecule has 0 radical (unpaired) electrons. The van der Waals surface area contributed by atoms with Gasteiger partial charge >= 0.3 is 0 Å². The molecule has 0 fully saturated rings. The second kappa shape index (κ2) is 7.07. The fourth-order valence-corrected chi connectivity index (χ4v) is 2.25. The molecule has 1 rings (SSSR count). The van der Waals surface area contributed by atoms with Crippen molar-refractivity contribution in [3.63, 3.8) is 0 Å². The largest absolute Gasteiger partial charge is 0.375 e. The van der Waals surface area contributed by atoms with Crippen LogP contribution in [0.15, 0.2) is 4.47 Å². The topological polar surface area (TPSA) is 27.1 Å². The van der Waals surface area contributed by atoms with Gasteiger partial charge in [-0.3, -0.25) is 4.68 Å². The lowest BCUT2D eigenvalue weighted by Crippen LogP contribution is -2.05. The molecule has 0 atom stereocenters. The first-order valence-electron chi connectivity index (χ1n) is 6.06. The van der Waals surface area contributed by atoms with Gasteiger partial charge in [-0.1, -0.05) is 20.3 Å². The van der Waals surface area contributed by atoms with Crippen LogP contribution in [0.3, 0.4) is 0 Å². The van der Waals surface area contributed by atoms with Gasteiger partial charge in [-0.15, -0.1) is 0 Å². The summed E-state index contributed by atoms with van der Waals surface area (Å²) in [6.45, 7) is 8.78.